The van der Waals surface area contributed by atoms with Crippen LogP contribution in [0.25, 0.3) is 0 Å². The summed E-state index contributed by atoms with van der Waals surface area (Å²) in [4.78, 5) is 2.29. The van der Waals surface area contributed by atoms with Crippen LogP contribution in [0.3, 0.4) is 0 Å². The highest BCUT2D eigenvalue weighted by atomic mass is 16.5. The molecule has 0 aromatic carbocycles. The quantitative estimate of drug-likeness (QED) is 0.699. The maximum Gasteiger partial charge on any atom is 0.0603 e. The normalized spacial score (nSPS) is 18.3. The van der Waals surface area contributed by atoms with Gasteiger partial charge in [0.15, 0.2) is 0 Å². The molecule has 1 aliphatic rings. The van der Waals surface area contributed by atoms with E-state index in [0.717, 1.165) is 39.3 Å². The van der Waals surface area contributed by atoms with Gasteiger partial charge in [0.25, 0.3) is 0 Å². The largest absolute Gasteiger partial charge is 0.396 e. The molecule has 3 heteroatoms. The molecule has 1 aliphatic heterocycles. The number of ether oxygens (including phenoxy) is 1. The average molecular weight is 211 g/mol. The van der Waals surface area contributed by atoms with Gasteiger partial charge in [0, 0.05) is 26.1 Å². The van der Waals surface area contributed by atoms with Gasteiger partial charge in [-0.15, -0.1) is 5.92 Å². The van der Waals surface area contributed by atoms with E-state index in [0.29, 0.717) is 0 Å². The van der Waals surface area contributed by atoms with Gasteiger partial charge >= 0.3 is 0 Å². The first-order valence-electron chi connectivity index (χ1n) is 5.51. The van der Waals surface area contributed by atoms with Crippen LogP contribution in [0.5, 0.6) is 0 Å². The van der Waals surface area contributed by atoms with Crippen LogP contribution >= 0.6 is 0 Å². The SMILES string of the molecule is CC(C)(CO)CC#CCN1CCOCC1. The zero-order valence-corrected chi connectivity index (χ0v) is 9.75. The summed E-state index contributed by atoms with van der Waals surface area (Å²) in [5.74, 6) is 6.29. The van der Waals surface area contributed by atoms with E-state index in [1.165, 1.54) is 0 Å². The predicted molar refractivity (Wildman–Crippen MR) is 60.5 cm³/mol. The number of aliphatic hydroxyl groups is 1. The Kier molecular flexibility index (Phi) is 5.10. The van der Waals surface area contributed by atoms with Gasteiger partial charge in [-0.25, -0.2) is 0 Å². The smallest absolute Gasteiger partial charge is 0.0603 e. The molecular formula is C12H21NO2. The Bertz CT molecular complexity index is 234. The van der Waals surface area contributed by atoms with E-state index in [2.05, 4.69) is 16.7 Å². The molecule has 0 aromatic rings. The van der Waals surface area contributed by atoms with Gasteiger partial charge < -0.3 is 9.84 Å². The Balaban J connectivity index is 2.21. The third-order valence-corrected chi connectivity index (χ3v) is 2.53. The zero-order valence-electron chi connectivity index (χ0n) is 9.75. The lowest BCUT2D eigenvalue weighted by molar-refractivity contribution is 0.0443. The summed E-state index contributed by atoms with van der Waals surface area (Å²) in [5, 5.41) is 9.05. The summed E-state index contributed by atoms with van der Waals surface area (Å²) >= 11 is 0. The van der Waals surface area contributed by atoms with Crippen molar-refractivity contribution in [1.29, 1.82) is 0 Å². The molecule has 0 aliphatic carbocycles. The van der Waals surface area contributed by atoms with E-state index >= 15 is 0 Å². The zero-order chi connectivity index (χ0) is 11.1. The predicted octanol–water partition coefficient (Wildman–Crippen LogP) is 0.731. The number of aliphatic hydroxyl groups excluding tert-OH is 1. The van der Waals surface area contributed by atoms with Gasteiger partial charge in [0.2, 0.25) is 0 Å². The fraction of sp³-hybridized carbons (Fsp3) is 0.833. The summed E-state index contributed by atoms with van der Waals surface area (Å²) in [6, 6.07) is 0. The number of hydrogen-bond acceptors (Lipinski definition) is 3. The molecule has 0 spiro atoms. The Hall–Kier alpha value is -0.560. The second-order valence-corrected chi connectivity index (χ2v) is 4.74. The van der Waals surface area contributed by atoms with Crippen molar-refractivity contribution in [2.45, 2.75) is 20.3 Å². The summed E-state index contributed by atoms with van der Waals surface area (Å²) < 4.78 is 5.25. The lowest BCUT2D eigenvalue weighted by Crippen LogP contribution is -2.36. The highest BCUT2D eigenvalue weighted by molar-refractivity contribution is 5.03. The molecule has 3 nitrogen and oxygen atoms in total. The van der Waals surface area contributed by atoms with E-state index in [4.69, 9.17) is 9.84 Å². The second-order valence-electron chi connectivity index (χ2n) is 4.74. The molecule has 1 heterocycles. The fourth-order valence-electron chi connectivity index (χ4n) is 1.28. The van der Waals surface area contributed by atoms with Crippen LogP contribution in [0.15, 0.2) is 0 Å². The summed E-state index contributed by atoms with van der Waals surface area (Å²) in [6.07, 6.45) is 0.758. The van der Waals surface area contributed by atoms with Crippen molar-refractivity contribution in [2.75, 3.05) is 39.5 Å². The maximum atomic E-state index is 9.05. The van der Waals surface area contributed by atoms with E-state index in [-0.39, 0.29) is 12.0 Å². The Morgan fingerprint density at radius 3 is 2.53 bits per heavy atom. The van der Waals surface area contributed by atoms with E-state index in [9.17, 15) is 0 Å². The molecule has 1 rings (SSSR count). The van der Waals surface area contributed by atoms with Crippen molar-refractivity contribution >= 4 is 0 Å². The second kappa shape index (κ2) is 6.12. The van der Waals surface area contributed by atoms with Crippen molar-refractivity contribution < 1.29 is 9.84 Å². The number of rotatable bonds is 3. The van der Waals surface area contributed by atoms with E-state index in [1.54, 1.807) is 0 Å². The standard InChI is InChI=1S/C12H21NO2/c1-12(2,11-14)5-3-4-6-13-7-9-15-10-8-13/h14H,5-11H2,1-2H3. The molecule has 86 valence electrons. The van der Waals surface area contributed by atoms with Gasteiger partial charge in [0.1, 0.15) is 0 Å². The van der Waals surface area contributed by atoms with Crippen molar-refractivity contribution in [2.24, 2.45) is 5.41 Å². The first kappa shape index (κ1) is 12.5. The molecule has 0 saturated carbocycles. The molecule has 0 bridgehead atoms. The Labute approximate surface area is 92.4 Å². The Morgan fingerprint density at radius 2 is 1.93 bits per heavy atom. The number of hydrogen-bond donors (Lipinski definition) is 1. The van der Waals surface area contributed by atoms with Crippen LogP contribution in [0.2, 0.25) is 0 Å². The lowest BCUT2D eigenvalue weighted by atomic mass is 9.91. The fourth-order valence-corrected chi connectivity index (χ4v) is 1.28. The Morgan fingerprint density at radius 1 is 1.27 bits per heavy atom. The minimum Gasteiger partial charge on any atom is -0.396 e. The summed E-state index contributed by atoms with van der Waals surface area (Å²) in [6.45, 7) is 8.68. The molecule has 1 N–H and O–H groups in total. The van der Waals surface area contributed by atoms with Crippen LogP contribution in [-0.2, 0) is 4.74 Å². The lowest BCUT2D eigenvalue weighted by Gasteiger charge is -2.24. The van der Waals surface area contributed by atoms with Crippen molar-refractivity contribution in [3.63, 3.8) is 0 Å². The van der Waals surface area contributed by atoms with Crippen molar-refractivity contribution in [3.05, 3.63) is 0 Å². The highest BCUT2D eigenvalue weighted by Crippen LogP contribution is 2.17. The number of morpholine rings is 1. The maximum absolute atomic E-state index is 9.05. The third-order valence-electron chi connectivity index (χ3n) is 2.53. The minimum atomic E-state index is -0.0714. The van der Waals surface area contributed by atoms with E-state index in [1.807, 2.05) is 13.8 Å². The molecule has 15 heavy (non-hydrogen) atoms. The topological polar surface area (TPSA) is 32.7 Å². The van der Waals surface area contributed by atoms with Crippen LogP contribution in [-0.4, -0.2) is 49.5 Å². The molecule has 0 unspecified atom stereocenters. The molecule has 0 radical (unpaired) electrons. The number of nitrogens with zero attached hydrogens (tertiary/aromatic N) is 1. The molecule has 0 amide bonds. The monoisotopic (exact) mass is 211 g/mol. The first-order chi connectivity index (χ1) is 7.14. The molecule has 1 saturated heterocycles. The summed E-state index contributed by atoms with van der Waals surface area (Å²) in [5.41, 5.74) is -0.0714. The van der Waals surface area contributed by atoms with E-state index < -0.39 is 0 Å². The van der Waals surface area contributed by atoms with Crippen molar-refractivity contribution in [3.8, 4) is 11.8 Å². The van der Waals surface area contributed by atoms with Crippen molar-refractivity contribution in [1.82, 2.24) is 4.90 Å². The minimum absolute atomic E-state index is 0.0714. The molecular weight excluding hydrogens is 190 g/mol. The van der Waals surface area contributed by atoms with Crippen LogP contribution in [0, 0.1) is 17.3 Å². The average Bonchev–Trinajstić information content (AvgIpc) is 2.26. The third kappa shape index (κ3) is 5.17. The van der Waals surface area contributed by atoms with Gasteiger partial charge in [-0.2, -0.15) is 0 Å². The molecule has 1 fully saturated rings. The van der Waals surface area contributed by atoms with Gasteiger partial charge in [0.05, 0.1) is 19.8 Å². The van der Waals surface area contributed by atoms with Gasteiger partial charge in [-0.1, -0.05) is 19.8 Å². The molecule has 0 atom stereocenters. The highest BCUT2D eigenvalue weighted by Gasteiger charge is 2.14. The first-order valence-corrected chi connectivity index (χ1v) is 5.51. The van der Waals surface area contributed by atoms with Gasteiger partial charge in [-0.05, 0) is 5.41 Å². The van der Waals surface area contributed by atoms with Crippen LogP contribution in [0.4, 0.5) is 0 Å². The molecule has 0 aromatic heterocycles. The van der Waals surface area contributed by atoms with Crippen LogP contribution in [0.1, 0.15) is 20.3 Å². The van der Waals surface area contributed by atoms with Gasteiger partial charge in [-0.3, -0.25) is 4.90 Å². The van der Waals surface area contributed by atoms with Crippen LogP contribution < -0.4 is 0 Å². The summed E-state index contributed by atoms with van der Waals surface area (Å²) in [7, 11) is 0.